The van der Waals surface area contributed by atoms with Crippen LogP contribution in [-0.2, 0) is 14.6 Å². The highest BCUT2D eigenvalue weighted by Gasteiger charge is 2.01. The first-order valence-electron chi connectivity index (χ1n) is 9.42. The van der Waals surface area contributed by atoms with Crippen molar-refractivity contribution in [1.82, 2.24) is 0 Å². The van der Waals surface area contributed by atoms with Gasteiger partial charge in [-0.15, -0.1) is 0 Å². The lowest BCUT2D eigenvalue weighted by Crippen LogP contribution is -2.05. The zero-order chi connectivity index (χ0) is 20.9. The van der Waals surface area contributed by atoms with Crippen LogP contribution < -0.4 is 0 Å². The summed E-state index contributed by atoms with van der Waals surface area (Å²) in [6.07, 6.45) is 24.8. The molecule has 0 fully saturated rings. The van der Waals surface area contributed by atoms with Crippen molar-refractivity contribution in [3.05, 3.63) is 72.9 Å². The van der Waals surface area contributed by atoms with Crippen LogP contribution in [0.1, 0.15) is 45.4 Å². The van der Waals surface area contributed by atoms with Crippen molar-refractivity contribution in [2.24, 2.45) is 0 Å². The van der Waals surface area contributed by atoms with Crippen molar-refractivity contribution in [2.75, 3.05) is 0 Å². The molecule has 6 heteroatoms. The lowest BCUT2D eigenvalue weighted by Gasteiger charge is -2.04. The first kappa shape index (κ1) is 25.8. The zero-order valence-electron chi connectivity index (χ0n) is 16.4. The number of aliphatic carboxylic acids is 1. The van der Waals surface area contributed by atoms with E-state index in [-0.39, 0.29) is 12.5 Å². The highest BCUT2D eigenvalue weighted by molar-refractivity contribution is 5.66. The quantitative estimate of drug-likeness (QED) is 0.139. The maximum atomic E-state index is 10.4. The van der Waals surface area contributed by atoms with Crippen molar-refractivity contribution in [1.29, 1.82) is 0 Å². The Morgan fingerprint density at radius 3 is 1.82 bits per heavy atom. The predicted molar refractivity (Wildman–Crippen MR) is 111 cm³/mol. The van der Waals surface area contributed by atoms with Crippen LogP contribution in [0.15, 0.2) is 72.9 Å². The molecule has 0 spiro atoms. The smallest absolute Gasteiger partial charge is 0.303 e. The molecule has 6 nitrogen and oxygen atoms in total. The summed E-state index contributed by atoms with van der Waals surface area (Å²) in [5, 5.41) is 26.2. The first-order valence-corrected chi connectivity index (χ1v) is 9.42. The summed E-state index contributed by atoms with van der Waals surface area (Å²) < 4.78 is 0. The van der Waals surface area contributed by atoms with Crippen LogP contribution >= 0.6 is 0 Å². The molecule has 0 aliphatic carbocycles. The minimum atomic E-state index is -0.833. The van der Waals surface area contributed by atoms with Gasteiger partial charge in [-0.05, 0) is 32.1 Å². The monoisotopic (exact) mass is 392 g/mol. The van der Waals surface area contributed by atoms with Gasteiger partial charge in [0.15, 0.2) is 0 Å². The van der Waals surface area contributed by atoms with E-state index in [9.17, 15) is 4.79 Å². The molecule has 2 atom stereocenters. The van der Waals surface area contributed by atoms with E-state index in [0.717, 1.165) is 12.8 Å². The molecule has 0 radical (unpaired) electrons. The summed E-state index contributed by atoms with van der Waals surface area (Å²) in [6, 6.07) is 0. The van der Waals surface area contributed by atoms with E-state index in [1.54, 1.807) is 30.4 Å². The van der Waals surface area contributed by atoms with Gasteiger partial charge in [-0.1, -0.05) is 79.8 Å². The van der Waals surface area contributed by atoms with E-state index in [1.807, 2.05) is 49.5 Å². The number of carbonyl (C=O) groups is 1. The first-order chi connectivity index (χ1) is 13.6. The van der Waals surface area contributed by atoms with Crippen LogP contribution in [0.2, 0.25) is 0 Å². The van der Waals surface area contributed by atoms with Gasteiger partial charge in [0.25, 0.3) is 0 Å². The summed E-state index contributed by atoms with van der Waals surface area (Å²) in [4.78, 5) is 19.1. The van der Waals surface area contributed by atoms with Gasteiger partial charge in [-0.25, -0.2) is 9.78 Å². The van der Waals surface area contributed by atoms with Gasteiger partial charge < -0.3 is 5.11 Å². The molecule has 0 saturated carbocycles. The van der Waals surface area contributed by atoms with Crippen LogP contribution in [0.4, 0.5) is 0 Å². The van der Waals surface area contributed by atoms with E-state index in [4.69, 9.17) is 15.6 Å². The average molecular weight is 392 g/mol. The van der Waals surface area contributed by atoms with E-state index in [2.05, 4.69) is 9.78 Å². The van der Waals surface area contributed by atoms with Crippen LogP contribution in [0.3, 0.4) is 0 Å². The second-order valence-electron chi connectivity index (χ2n) is 5.90. The van der Waals surface area contributed by atoms with Crippen molar-refractivity contribution < 1.29 is 30.2 Å². The van der Waals surface area contributed by atoms with Crippen LogP contribution in [-0.4, -0.2) is 33.8 Å². The van der Waals surface area contributed by atoms with E-state index >= 15 is 0 Å². The molecule has 0 rings (SSSR count). The minimum Gasteiger partial charge on any atom is -0.481 e. The van der Waals surface area contributed by atoms with Crippen molar-refractivity contribution >= 4 is 5.97 Å². The zero-order valence-corrected chi connectivity index (χ0v) is 16.4. The number of carboxylic acids is 1. The third-order valence-electron chi connectivity index (χ3n) is 3.52. The fourth-order valence-corrected chi connectivity index (χ4v) is 2.03. The van der Waals surface area contributed by atoms with Gasteiger partial charge in [0.1, 0.15) is 12.2 Å². The van der Waals surface area contributed by atoms with Crippen molar-refractivity contribution in [3.8, 4) is 0 Å². The maximum Gasteiger partial charge on any atom is 0.303 e. The molecular weight excluding hydrogens is 360 g/mol. The average Bonchev–Trinajstić information content (AvgIpc) is 2.69. The van der Waals surface area contributed by atoms with Crippen molar-refractivity contribution in [2.45, 2.75) is 57.7 Å². The number of hydrogen-bond acceptors (Lipinski definition) is 5. The molecule has 0 aromatic carbocycles. The Morgan fingerprint density at radius 1 is 0.821 bits per heavy atom. The molecule has 0 aliphatic rings. The maximum absolute atomic E-state index is 10.4. The lowest BCUT2D eigenvalue weighted by molar-refractivity contribution is -0.264. The summed E-state index contributed by atoms with van der Waals surface area (Å²) in [5.41, 5.74) is 0. The van der Waals surface area contributed by atoms with Gasteiger partial charge in [0, 0.05) is 6.42 Å². The topological polar surface area (TPSA) is 96.2 Å². The highest BCUT2D eigenvalue weighted by Crippen LogP contribution is 2.03. The van der Waals surface area contributed by atoms with Crippen LogP contribution in [0, 0.1) is 0 Å². The van der Waals surface area contributed by atoms with Crippen LogP contribution in [0.25, 0.3) is 0 Å². The Labute approximate surface area is 167 Å². The molecule has 0 aliphatic heterocycles. The Morgan fingerprint density at radius 2 is 1.36 bits per heavy atom. The van der Waals surface area contributed by atoms with Crippen molar-refractivity contribution in [3.63, 3.8) is 0 Å². The molecule has 0 aromatic rings. The molecule has 0 amide bonds. The Bertz CT molecular complexity index is 557. The molecule has 156 valence electrons. The molecule has 0 heterocycles. The Balaban J connectivity index is 4.09. The number of allylic oxidation sites excluding steroid dienone is 8. The van der Waals surface area contributed by atoms with E-state index < -0.39 is 12.1 Å². The Kier molecular flexibility index (Phi) is 17.9. The summed E-state index contributed by atoms with van der Waals surface area (Å²) in [7, 11) is 0. The Hall–Kier alpha value is -2.25. The fourth-order valence-electron chi connectivity index (χ4n) is 2.03. The lowest BCUT2D eigenvalue weighted by atomic mass is 10.2. The second kappa shape index (κ2) is 19.5. The molecule has 0 aromatic heterocycles. The largest absolute Gasteiger partial charge is 0.481 e. The normalized spacial score (nSPS) is 15.2. The van der Waals surface area contributed by atoms with Gasteiger partial charge in [0.2, 0.25) is 0 Å². The van der Waals surface area contributed by atoms with Gasteiger partial charge >= 0.3 is 5.97 Å². The van der Waals surface area contributed by atoms with Gasteiger partial charge in [-0.3, -0.25) is 15.3 Å². The number of carboxylic acid groups (broad SMARTS) is 1. The molecule has 28 heavy (non-hydrogen) atoms. The van der Waals surface area contributed by atoms with Gasteiger partial charge in [0.05, 0.1) is 0 Å². The third-order valence-corrected chi connectivity index (χ3v) is 3.52. The third kappa shape index (κ3) is 17.2. The summed E-state index contributed by atoms with van der Waals surface area (Å²) in [5.74, 6) is -0.833. The number of rotatable bonds is 16. The minimum absolute atomic E-state index is 0.0893. The molecule has 0 saturated heterocycles. The molecule has 2 unspecified atom stereocenters. The van der Waals surface area contributed by atoms with Crippen LogP contribution in [0.5, 0.6) is 0 Å². The highest BCUT2D eigenvalue weighted by atomic mass is 17.1. The molecule has 0 bridgehead atoms. The fraction of sp³-hybridized carbons (Fsp3) is 0.409. The van der Waals surface area contributed by atoms with E-state index in [1.165, 1.54) is 0 Å². The second-order valence-corrected chi connectivity index (χ2v) is 5.90. The number of hydrogen-bond donors (Lipinski definition) is 3. The molecular formula is C22H32O6. The van der Waals surface area contributed by atoms with Gasteiger partial charge in [-0.2, -0.15) is 0 Å². The van der Waals surface area contributed by atoms with E-state index in [0.29, 0.717) is 19.3 Å². The predicted octanol–water partition coefficient (Wildman–Crippen LogP) is 5.49. The summed E-state index contributed by atoms with van der Waals surface area (Å²) >= 11 is 0. The standard InChI is InChI=1S/C22H32O6/c1-2-3-10-15-20(27-25)16-11-7-5-4-6-8-12-17-21(28-26)18-13-9-14-19-22(23)24/h3,5-13,16-17,20-21,25-26H,2,4,14-15,18-19H2,1H3,(H,23,24). The molecule has 3 N–H and O–H groups in total. The summed E-state index contributed by atoms with van der Waals surface area (Å²) in [6.45, 7) is 2.05. The SMILES string of the molecule is CCC=CCC(C=CC=CCC=CC=CC(CC=CCCC(=O)O)OO)OO.